The Labute approximate surface area is 168 Å². The van der Waals surface area contributed by atoms with Gasteiger partial charge in [-0.3, -0.25) is 0 Å². The highest BCUT2D eigenvalue weighted by Gasteiger charge is 2.75. The van der Waals surface area contributed by atoms with Crippen molar-refractivity contribution in [1.29, 1.82) is 0 Å². The summed E-state index contributed by atoms with van der Waals surface area (Å²) in [6.45, 7) is 0. The summed E-state index contributed by atoms with van der Waals surface area (Å²) >= 11 is 0. The molecule has 6 rings (SSSR count). The molecule has 4 aliphatic carbocycles. The van der Waals surface area contributed by atoms with E-state index in [1.807, 2.05) is 6.07 Å². The van der Waals surface area contributed by atoms with Gasteiger partial charge in [0, 0.05) is 11.3 Å². The lowest BCUT2D eigenvalue weighted by molar-refractivity contribution is -0.123. The summed E-state index contributed by atoms with van der Waals surface area (Å²) in [5, 5.41) is 0. The molecule has 0 nitrogen and oxygen atoms in total. The first-order chi connectivity index (χ1) is 13.7. The molecule has 0 aromatic heterocycles. The van der Waals surface area contributed by atoms with Crippen molar-refractivity contribution >= 4 is 0 Å². The molecule has 0 spiro atoms. The Morgan fingerprint density at radius 1 is 0.750 bits per heavy atom. The zero-order chi connectivity index (χ0) is 19.4. The van der Waals surface area contributed by atoms with Crippen molar-refractivity contribution < 1.29 is 0 Å². The van der Waals surface area contributed by atoms with Gasteiger partial charge in [-0.2, -0.15) is 0 Å². The summed E-state index contributed by atoms with van der Waals surface area (Å²) in [7, 11) is 0. The number of rotatable bonds is 2. The second kappa shape index (κ2) is 5.81. The Hall–Kier alpha value is -2.88. The highest BCUT2D eigenvalue weighted by Crippen LogP contribution is 2.75. The summed E-state index contributed by atoms with van der Waals surface area (Å²) < 4.78 is 0. The smallest absolute Gasteiger partial charge is 0.0833 e. The highest BCUT2D eigenvalue weighted by molar-refractivity contribution is 5.56. The Kier molecular flexibility index (Phi) is 3.57. The lowest BCUT2D eigenvalue weighted by atomic mass is 9.29. The quantitative estimate of drug-likeness (QED) is 0.646. The molecule has 0 N–H and O–H groups in total. The molecule has 6 atom stereocenters. The van der Waals surface area contributed by atoms with Crippen LogP contribution in [0.25, 0.3) is 0 Å². The summed E-state index contributed by atoms with van der Waals surface area (Å²) in [4.78, 5) is 0. The fraction of sp³-hybridized carbons (Fsp3) is 0.357. The minimum Gasteiger partial charge on any atom is -0.120 e. The molecule has 136 valence electrons. The molecular formula is C28H24. The van der Waals surface area contributed by atoms with Gasteiger partial charge in [0.15, 0.2) is 0 Å². The third kappa shape index (κ3) is 1.76. The summed E-state index contributed by atoms with van der Waals surface area (Å²) in [5.41, 5.74) is 1.20. The molecule has 4 fully saturated rings. The van der Waals surface area contributed by atoms with Crippen molar-refractivity contribution in [2.45, 2.75) is 36.5 Å². The molecule has 4 bridgehead atoms. The first kappa shape index (κ1) is 17.2. The Morgan fingerprint density at radius 3 is 1.96 bits per heavy atom. The summed E-state index contributed by atoms with van der Waals surface area (Å²) in [6.07, 6.45) is 23.2. The van der Waals surface area contributed by atoms with Gasteiger partial charge in [-0.1, -0.05) is 72.5 Å². The van der Waals surface area contributed by atoms with Gasteiger partial charge in [-0.15, -0.1) is 25.2 Å². The van der Waals surface area contributed by atoms with Crippen molar-refractivity contribution in [3.05, 3.63) is 71.8 Å². The third-order valence-corrected chi connectivity index (χ3v) is 8.07. The van der Waals surface area contributed by atoms with E-state index >= 15 is 0 Å². The molecule has 0 heteroatoms. The maximum absolute atomic E-state index is 6.51. The lowest BCUT2D eigenvalue weighted by Gasteiger charge is -2.71. The summed E-state index contributed by atoms with van der Waals surface area (Å²) in [6, 6.07) is 21.3. The molecule has 2 aromatic rings. The molecule has 0 heterocycles. The largest absolute Gasteiger partial charge is 0.120 e. The van der Waals surface area contributed by atoms with E-state index in [2.05, 4.69) is 72.4 Å². The Bertz CT molecular complexity index is 1030. The molecule has 6 unspecified atom stereocenters. The second-order valence-corrected chi connectivity index (χ2v) is 8.94. The van der Waals surface area contributed by atoms with E-state index in [1.54, 1.807) is 0 Å². The van der Waals surface area contributed by atoms with Crippen LogP contribution in [0, 0.1) is 60.2 Å². The minimum absolute atomic E-state index is 0.0298. The standard InChI is InChI=1S/C28H24/c1-4-25-22-17-21-18-26(25,5-2)28(6-3,24-15-11-8-12-16-24)27(19-21,20-22)23-13-9-7-10-14-23/h1-3,7-16,21-22,25H,17-20H2. The molecule has 0 radical (unpaired) electrons. The predicted molar refractivity (Wildman–Crippen MR) is 114 cm³/mol. The van der Waals surface area contributed by atoms with Crippen LogP contribution in [0.1, 0.15) is 36.8 Å². The lowest BCUT2D eigenvalue weighted by Crippen LogP contribution is -2.72. The van der Waals surface area contributed by atoms with Gasteiger partial charge in [0.1, 0.15) is 0 Å². The van der Waals surface area contributed by atoms with Crippen LogP contribution in [-0.4, -0.2) is 0 Å². The van der Waals surface area contributed by atoms with Crippen molar-refractivity contribution in [3.63, 3.8) is 0 Å². The molecule has 4 saturated carbocycles. The first-order valence-corrected chi connectivity index (χ1v) is 10.2. The highest BCUT2D eigenvalue weighted by atomic mass is 14.7. The zero-order valence-corrected chi connectivity index (χ0v) is 16.1. The molecule has 0 saturated heterocycles. The van der Waals surface area contributed by atoms with Crippen LogP contribution in [0.5, 0.6) is 0 Å². The normalized spacial score (nSPS) is 40.2. The van der Waals surface area contributed by atoms with Gasteiger partial charge in [-0.25, -0.2) is 0 Å². The average Bonchev–Trinajstić information content (AvgIpc) is 2.75. The average molecular weight is 361 g/mol. The van der Waals surface area contributed by atoms with Crippen molar-refractivity contribution in [3.8, 4) is 37.0 Å². The van der Waals surface area contributed by atoms with Crippen LogP contribution in [0.3, 0.4) is 0 Å². The SMILES string of the molecule is C#CC1C2CC3CC(c4ccccc4)(C2)C(C#C)(c2ccccc2)C1(C#C)C3. The number of hydrogen-bond donors (Lipinski definition) is 0. The van der Waals surface area contributed by atoms with Crippen LogP contribution >= 0.6 is 0 Å². The van der Waals surface area contributed by atoms with Crippen LogP contribution in [-0.2, 0) is 10.8 Å². The van der Waals surface area contributed by atoms with Gasteiger partial charge in [0.05, 0.1) is 10.8 Å². The van der Waals surface area contributed by atoms with E-state index < -0.39 is 10.8 Å². The number of hydrogen-bond acceptors (Lipinski definition) is 0. The van der Waals surface area contributed by atoms with Gasteiger partial charge in [0.25, 0.3) is 0 Å². The van der Waals surface area contributed by atoms with Crippen LogP contribution < -0.4 is 0 Å². The fourth-order valence-electron chi connectivity index (χ4n) is 7.45. The van der Waals surface area contributed by atoms with Gasteiger partial charge < -0.3 is 0 Å². The molecule has 28 heavy (non-hydrogen) atoms. The molecule has 0 amide bonds. The van der Waals surface area contributed by atoms with Crippen LogP contribution in [0.2, 0.25) is 0 Å². The van der Waals surface area contributed by atoms with E-state index in [-0.39, 0.29) is 11.3 Å². The maximum Gasteiger partial charge on any atom is 0.0833 e. The van der Waals surface area contributed by atoms with Crippen molar-refractivity contribution in [1.82, 2.24) is 0 Å². The maximum atomic E-state index is 6.51. The molecule has 0 aliphatic heterocycles. The summed E-state index contributed by atoms with van der Waals surface area (Å²) in [5.74, 6) is 10.8. The van der Waals surface area contributed by atoms with E-state index in [0.717, 1.165) is 24.8 Å². The van der Waals surface area contributed by atoms with Gasteiger partial charge in [-0.05, 0) is 48.6 Å². The van der Waals surface area contributed by atoms with Crippen molar-refractivity contribution in [2.75, 3.05) is 0 Å². The van der Waals surface area contributed by atoms with E-state index in [4.69, 9.17) is 19.3 Å². The number of benzene rings is 2. The monoisotopic (exact) mass is 360 g/mol. The third-order valence-electron chi connectivity index (χ3n) is 8.07. The molecular weight excluding hydrogens is 336 g/mol. The minimum atomic E-state index is -0.595. The van der Waals surface area contributed by atoms with Gasteiger partial charge >= 0.3 is 0 Å². The fourth-order valence-corrected chi connectivity index (χ4v) is 7.45. The van der Waals surface area contributed by atoms with Crippen molar-refractivity contribution in [2.24, 2.45) is 23.2 Å². The zero-order valence-electron chi connectivity index (χ0n) is 16.1. The Morgan fingerprint density at radius 2 is 1.39 bits per heavy atom. The Balaban J connectivity index is 1.91. The van der Waals surface area contributed by atoms with Crippen LogP contribution in [0.4, 0.5) is 0 Å². The molecule has 2 aromatic carbocycles. The van der Waals surface area contributed by atoms with E-state index in [9.17, 15) is 0 Å². The van der Waals surface area contributed by atoms with E-state index in [0.29, 0.717) is 11.8 Å². The van der Waals surface area contributed by atoms with E-state index in [1.165, 1.54) is 12.0 Å². The van der Waals surface area contributed by atoms with Crippen LogP contribution in [0.15, 0.2) is 60.7 Å². The second-order valence-electron chi connectivity index (χ2n) is 8.94. The first-order valence-electron chi connectivity index (χ1n) is 10.2. The molecule has 4 aliphatic rings. The number of terminal acetylenes is 3. The van der Waals surface area contributed by atoms with Gasteiger partial charge in [0.2, 0.25) is 0 Å². The topological polar surface area (TPSA) is 0 Å². The predicted octanol–water partition coefficient (Wildman–Crippen LogP) is 5.20.